The molecule has 11 heteroatoms. The van der Waals surface area contributed by atoms with Gasteiger partial charge >= 0.3 is 18.1 Å². The molecule has 156 valence electrons. The molecular weight excluding hydrogens is 417 g/mol. The molecule has 7 nitrogen and oxygen atoms in total. The molecular formula is C18H15F3O7S. The summed E-state index contributed by atoms with van der Waals surface area (Å²) in [6.45, 7) is 1.28. The van der Waals surface area contributed by atoms with Gasteiger partial charge < -0.3 is 14.6 Å². The fraction of sp³-hybridized carbons (Fsp3) is 0.222. The molecule has 0 aliphatic carbocycles. The second-order valence-electron chi connectivity index (χ2n) is 5.77. The molecule has 0 aromatic heterocycles. The second kappa shape index (κ2) is 8.11. The van der Waals surface area contributed by atoms with E-state index in [2.05, 4.69) is 4.74 Å². The van der Waals surface area contributed by atoms with Crippen molar-refractivity contribution in [3.8, 4) is 5.75 Å². The largest absolute Gasteiger partial charge is 0.479 e. The van der Waals surface area contributed by atoms with Crippen LogP contribution in [0.1, 0.15) is 22.8 Å². The molecule has 2 aromatic carbocycles. The zero-order chi connectivity index (χ0) is 22.0. The molecule has 1 unspecified atom stereocenters. The first-order chi connectivity index (χ1) is 13.4. The van der Waals surface area contributed by atoms with E-state index in [-0.39, 0.29) is 10.6 Å². The molecule has 0 fully saturated rings. The summed E-state index contributed by atoms with van der Waals surface area (Å²) in [5.41, 5.74) is -1.97. The summed E-state index contributed by atoms with van der Waals surface area (Å²) in [6.07, 6.45) is -5.97. The molecule has 0 bridgehead atoms. The molecule has 0 heterocycles. The number of benzene rings is 2. The van der Waals surface area contributed by atoms with Gasteiger partial charge in [0.25, 0.3) is 0 Å². The van der Waals surface area contributed by atoms with Crippen LogP contribution in [0.4, 0.5) is 13.2 Å². The normalized spacial score (nSPS) is 12.9. The summed E-state index contributed by atoms with van der Waals surface area (Å²) in [5.74, 6) is -2.40. The average Bonchev–Trinajstić information content (AvgIpc) is 2.66. The molecule has 1 N–H and O–H groups in total. The monoisotopic (exact) mass is 432 g/mol. The number of alkyl halides is 3. The van der Waals surface area contributed by atoms with Gasteiger partial charge in [0.15, 0.2) is 6.10 Å². The Morgan fingerprint density at radius 1 is 1.07 bits per heavy atom. The first-order valence-corrected chi connectivity index (χ1v) is 9.40. The summed E-state index contributed by atoms with van der Waals surface area (Å²) < 4.78 is 74.0. The van der Waals surface area contributed by atoms with Crippen molar-refractivity contribution >= 4 is 21.8 Å². The number of esters is 1. The number of methoxy groups -OCH3 is 1. The van der Waals surface area contributed by atoms with Crippen LogP contribution in [-0.4, -0.2) is 38.7 Å². The molecule has 2 rings (SSSR count). The van der Waals surface area contributed by atoms with Crippen LogP contribution in [0.25, 0.3) is 0 Å². The fourth-order valence-electron chi connectivity index (χ4n) is 2.29. The van der Waals surface area contributed by atoms with Crippen LogP contribution in [0.15, 0.2) is 52.3 Å². The SMILES string of the molecule is COC(=O)c1cc(C(F)(F)F)ccc1S(=O)(=O)c1ccc(OC(C)C(=O)O)cc1. The van der Waals surface area contributed by atoms with Crippen LogP contribution in [0.5, 0.6) is 5.75 Å². The molecule has 1 atom stereocenters. The third kappa shape index (κ3) is 4.86. The summed E-state index contributed by atoms with van der Waals surface area (Å²) >= 11 is 0. The number of carboxylic acid groups (broad SMARTS) is 1. The van der Waals surface area contributed by atoms with Gasteiger partial charge in [0.05, 0.1) is 28.0 Å². The minimum atomic E-state index is -4.79. The van der Waals surface area contributed by atoms with E-state index < -0.39 is 50.1 Å². The number of ether oxygens (including phenoxy) is 2. The quantitative estimate of drug-likeness (QED) is 0.699. The highest BCUT2D eigenvalue weighted by Crippen LogP contribution is 2.33. The van der Waals surface area contributed by atoms with Gasteiger partial charge in [0, 0.05) is 0 Å². The molecule has 0 spiro atoms. The second-order valence-corrected chi connectivity index (χ2v) is 7.69. The lowest BCUT2D eigenvalue weighted by Gasteiger charge is -2.14. The van der Waals surface area contributed by atoms with Crippen LogP contribution in [0, 0.1) is 0 Å². The number of halogens is 3. The van der Waals surface area contributed by atoms with Gasteiger partial charge in [-0.2, -0.15) is 13.2 Å². The van der Waals surface area contributed by atoms with Crippen molar-refractivity contribution in [3.63, 3.8) is 0 Å². The molecule has 0 radical (unpaired) electrons. The highest BCUT2D eigenvalue weighted by molar-refractivity contribution is 7.91. The van der Waals surface area contributed by atoms with Crippen molar-refractivity contribution in [2.75, 3.05) is 7.11 Å². The molecule has 0 aliphatic rings. The molecule has 0 aliphatic heterocycles. The minimum Gasteiger partial charge on any atom is -0.479 e. The Balaban J connectivity index is 2.50. The maximum Gasteiger partial charge on any atom is 0.416 e. The maximum absolute atomic E-state index is 12.9. The number of hydrogen-bond acceptors (Lipinski definition) is 6. The number of carbonyl (C=O) groups is 2. The van der Waals surface area contributed by atoms with E-state index in [4.69, 9.17) is 9.84 Å². The Morgan fingerprint density at radius 3 is 2.14 bits per heavy atom. The zero-order valence-corrected chi connectivity index (χ0v) is 15.9. The van der Waals surface area contributed by atoms with E-state index in [0.717, 1.165) is 19.2 Å². The van der Waals surface area contributed by atoms with Crippen LogP contribution < -0.4 is 4.74 Å². The lowest BCUT2D eigenvalue weighted by atomic mass is 10.1. The van der Waals surface area contributed by atoms with E-state index in [1.165, 1.54) is 19.1 Å². The van der Waals surface area contributed by atoms with Crippen molar-refractivity contribution < 1.29 is 45.8 Å². The molecule has 0 saturated heterocycles. The topological polar surface area (TPSA) is 107 Å². The third-order valence-corrected chi connectivity index (χ3v) is 5.62. The van der Waals surface area contributed by atoms with Gasteiger partial charge in [-0.15, -0.1) is 0 Å². The summed E-state index contributed by atoms with van der Waals surface area (Å²) in [5, 5.41) is 8.82. The van der Waals surface area contributed by atoms with Crippen molar-refractivity contribution in [2.45, 2.75) is 29.0 Å². The van der Waals surface area contributed by atoms with Crippen molar-refractivity contribution in [3.05, 3.63) is 53.6 Å². The lowest BCUT2D eigenvalue weighted by Crippen LogP contribution is -2.22. The van der Waals surface area contributed by atoms with Gasteiger partial charge in [-0.3, -0.25) is 0 Å². The Labute approximate surface area is 163 Å². The fourth-order valence-corrected chi connectivity index (χ4v) is 3.72. The van der Waals surface area contributed by atoms with E-state index in [0.29, 0.717) is 18.2 Å². The summed E-state index contributed by atoms with van der Waals surface area (Å²) in [6, 6.07) is 6.18. The van der Waals surface area contributed by atoms with Crippen molar-refractivity contribution in [1.29, 1.82) is 0 Å². The lowest BCUT2D eigenvalue weighted by molar-refractivity contribution is -0.144. The van der Waals surface area contributed by atoms with E-state index >= 15 is 0 Å². The van der Waals surface area contributed by atoms with Gasteiger partial charge in [0.2, 0.25) is 9.84 Å². The van der Waals surface area contributed by atoms with Gasteiger partial charge in [0.1, 0.15) is 5.75 Å². The van der Waals surface area contributed by atoms with Crippen molar-refractivity contribution in [2.24, 2.45) is 0 Å². The van der Waals surface area contributed by atoms with E-state index in [1.807, 2.05) is 0 Å². The van der Waals surface area contributed by atoms with Gasteiger partial charge in [-0.05, 0) is 49.4 Å². The third-order valence-electron chi connectivity index (χ3n) is 3.80. The van der Waals surface area contributed by atoms with Gasteiger partial charge in [-0.1, -0.05) is 0 Å². The number of aliphatic carboxylic acids is 1. The Kier molecular flexibility index (Phi) is 6.21. The van der Waals surface area contributed by atoms with Crippen LogP contribution >= 0.6 is 0 Å². The molecule has 0 saturated carbocycles. The van der Waals surface area contributed by atoms with E-state index in [9.17, 15) is 31.2 Å². The van der Waals surface area contributed by atoms with Crippen LogP contribution in [0.3, 0.4) is 0 Å². The number of rotatable bonds is 6. The first-order valence-electron chi connectivity index (χ1n) is 7.92. The first kappa shape index (κ1) is 22.2. The number of hydrogen-bond donors (Lipinski definition) is 1. The van der Waals surface area contributed by atoms with Crippen molar-refractivity contribution in [1.82, 2.24) is 0 Å². The number of sulfone groups is 1. The minimum absolute atomic E-state index is 0.0689. The predicted molar refractivity (Wildman–Crippen MR) is 92.4 cm³/mol. The Hall–Kier alpha value is -3.08. The summed E-state index contributed by atoms with van der Waals surface area (Å²) in [4.78, 5) is 21.7. The highest BCUT2D eigenvalue weighted by atomic mass is 32.2. The molecule has 2 aromatic rings. The molecule has 29 heavy (non-hydrogen) atoms. The maximum atomic E-state index is 12.9. The van der Waals surface area contributed by atoms with E-state index in [1.54, 1.807) is 0 Å². The predicted octanol–water partition coefficient (Wildman–Crippen LogP) is 3.18. The average molecular weight is 432 g/mol. The van der Waals surface area contributed by atoms with Gasteiger partial charge in [-0.25, -0.2) is 18.0 Å². The summed E-state index contributed by atoms with van der Waals surface area (Å²) in [7, 11) is -3.48. The van der Waals surface area contributed by atoms with Crippen LogP contribution in [0.2, 0.25) is 0 Å². The molecule has 0 amide bonds. The van der Waals surface area contributed by atoms with Crippen LogP contribution in [-0.2, 0) is 25.5 Å². The number of carboxylic acids is 1. The standard InChI is InChI=1S/C18H15F3O7S/c1-10(16(22)23)28-12-4-6-13(7-5-12)29(25,26)15-8-3-11(18(19,20)21)9-14(15)17(24)27-2/h3-10H,1-2H3,(H,22,23). The smallest absolute Gasteiger partial charge is 0.416 e. The number of carbonyl (C=O) groups excluding carboxylic acids is 1. The zero-order valence-electron chi connectivity index (χ0n) is 15.1. The Bertz CT molecular complexity index is 1030. The Morgan fingerprint density at radius 2 is 1.66 bits per heavy atom. The highest BCUT2D eigenvalue weighted by Gasteiger charge is 2.34.